The standard InChI is InChI=1S/C7H10ClNO2S2/c1-2-13(10,11)9-5-6-3-4-7(8)12-6/h3-4,9H,2,5H2,1H3. The highest BCUT2D eigenvalue weighted by atomic mass is 35.5. The minimum absolute atomic E-state index is 0.103. The van der Waals surface area contributed by atoms with Gasteiger partial charge in [0, 0.05) is 11.4 Å². The van der Waals surface area contributed by atoms with E-state index in [-0.39, 0.29) is 5.75 Å². The first-order chi connectivity index (χ1) is 6.03. The van der Waals surface area contributed by atoms with Crippen LogP contribution in [0.1, 0.15) is 11.8 Å². The van der Waals surface area contributed by atoms with Gasteiger partial charge in [-0.15, -0.1) is 11.3 Å². The van der Waals surface area contributed by atoms with Crippen molar-refractivity contribution in [1.82, 2.24) is 4.72 Å². The van der Waals surface area contributed by atoms with E-state index in [1.165, 1.54) is 11.3 Å². The second-order valence-corrected chi connectivity index (χ2v) is 6.33. The molecule has 0 aliphatic heterocycles. The van der Waals surface area contributed by atoms with Crippen LogP contribution < -0.4 is 4.72 Å². The highest BCUT2D eigenvalue weighted by Crippen LogP contribution is 2.21. The molecule has 3 nitrogen and oxygen atoms in total. The lowest BCUT2D eigenvalue weighted by molar-refractivity contribution is 0.583. The van der Waals surface area contributed by atoms with Gasteiger partial charge in [0.1, 0.15) is 0 Å². The second-order valence-electron chi connectivity index (χ2n) is 2.43. The molecule has 0 aliphatic rings. The van der Waals surface area contributed by atoms with Gasteiger partial charge in [-0.05, 0) is 19.1 Å². The highest BCUT2D eigenvalue weighted by molar-refractivity contribution is 7.89. The summed E-state index contributed by atoms with van der Waals surface area (Å²) in [5.41, 5.74) is 0. The molecule has 0 saturated carbocycles. The van der Waals surface area contributed by atoms with Gasteiger partial charge in [-0.3, -0.25) is 0 Å². The normalized spacial score (nSPS) is 11.8. The van der Waals surface area contributed by atoms with Crippen molar-refractivity contribution in [3.05, 3.63) is 21.3 Å². The van der Waals surface area contributed by atoms with Crippen molar-refractivity contribution in [3.63, 3.8) is 0 Å². The van der Waals surface area contributed by atoms with Crippen LogP contribution in [0.15, 0.2) is 12.1 Å². The summed E-state index contributed by atoms with van der Waals surface area (Å²) in [5.74, 6) is 0.103. The summed E-state index contributed by atoms with van der Waals surface area (Å²) in [5, 5.41) is 0. The smallest absolute Gasteiger partial charge is 0.211 e. The van der Waals surface area contributed by atoms with Gasteiger partial charge in [0.15, 0.2) is 0 Å². The maximum atomic E-state index is 11.0. The number of sulfonamides is 1. The molecule has 0 aromatic carbocycles. The molecule has 0 radical (unpaired) electrons. The lowest BCUT2D eigenvalue weighted by Crippen LogP contribution is -2.24. The fourth-order valence-corrected chi connectivity index (χ4v) is 2.43. The van der Waals surface area contributed by atoms with E-state index in [2.05, 4.69) is 4.72 Å². The van der Waals surface area contributed by atoms with Crippen molar-refractivity contribution in [2.24, 2.45) is 0 Å². The summed E-state index contributed by atoms with van der Waals surface area (Å²) in [7, 11) is -3.09. The van der Waals surface area contributed by atoms with Crippen LogP contribution in [0.2, 0.25) is 4.34 Å². The van der Waals surface area contributed by atoms with Crippen LogP contribution in [0.4, 0.5) is 0 Å². The molecule has 1 aromatic heterocycles. The van der Waals surface area contributed by atoms with Crippen molar-refractivity contribution < 1.29 is 8.42 Å². The van der Waals surface area contributed by atoms with Gasteiger partial charge in [0.25, 0.3) is 0 Å². The second kappa shape index (κ2) is 4.41. The summed E-state index contributed by atoms with van der Waals surface area (Å²) >= 11 is 7.06. The minimum Gasteiger partial charge on any atom is -0.212 e. The van der Waals surface area contributed by atoms with Gasteiger partial charge in [0.05, 0.1) is 10.1 Å². The first-order valence-corrected chi connectivity index (χ1v) is 6.59. The van der Waals surface area contributed by atoms with Crippen LogP contribution >= 0.6 is 22.9 Å². The summed E-state index contributed by atoms with van der Waals surface area (Å²) < 4.78 is 25.2. The Bertz CT molecular complexity index is 372. The van der Waals surface area contributed by atoms with E-state index in [9.17, 15) is 8.42 Å². The number of nitrogens with one attached hydrogen (secondary N) is 1. The molecular weight excluding hydrogens is 230 g/mol. The third-order valence-electron chi connectivity index (χ3n) is 1.48. The van der Waals surface area contributed by atoms with Crippen LogP contribution in [0.25, 0.3) is 0 Å². The van der Waals surface area contributed by atoms with Crippen molar-refractivity contribution >= 4 is 33.0 Å². The number of halogens is 1. The molecule has 0 aliphatic carbocycles. The molecule has 0 fully saturated rings. The average molecular weight is 240 g/mol. The first-order valence-electron chi connectivity index (χ1n) is 3.75. The number of hydrogen-bond acceptors (Lipinski definition) is 3. The molecule has 1 heterocycles. The van der Waals surface area contributed by atoms with Gasteiger partial charge < -0.3 is 0 Å². The van der Waals surface area contributed by atoms with Gasteiger partial charge in [-0.1, -0.05) is 11.6 Å². The zero-order valence-corrected chi connectivity index (χ0v) is 9.47. The van der Waals surface area contributed by atoms with Crippen LogP contribution in [-0.2, 0) is 16.6 Å². The Morgan fingerprint density at radius 2 is 2.23 bits per heavy atom. The lowest BCUT2D eigenvalue weighted by Gasteiger charge is -2.00. The Kier molecular flexibility index (Phi) is 3.73. The molecule has 0 unspecified atom stereocenters. The molecule has 74 valence electrons. The van der Waals surface area contributed by atoms with Crippen LogP contribution in [-0.4, -0.2) is 14.2 Å². The van der Waals surface area contributed by atoms with E-state index in [0.717, 1.165) is 4.88 Å². The summed E-state index contributed by atoms with van der Waals surface area (Å²) in [6.45, 7) is 1.93. The molecule has 0 saturated heterocycles. The SMILES string of the molecule is CCS(=O)(=O)NCc1ccc(Cl)s1. The van der Waals surface area contributed by atoms with Crippen molar-refractivity contribution in [2.75, 3.05) is 5.75 Å². The third-order valence-corrected chi connectivity index (χ3v) is 4.05. The lowest BCUT2D eigenvalue weighted by atomic mass is 10.5. The number of hydrogen-bond donors (Lipinski definition) is 1. The van der Waals surface area contributed by atoms with Gasteiger partial charge in [0.2, 0.25) is 10.0 Å². The number of thiophene rings is 1. The molecule has 1 aromatic rings. The maximum absolute atomic E-state index is 11.0. The predicted octanol–water partition coefficient (Wildman–Crippen LogP) is 1.84. The topological polar surface area (TPSA) is 46.2 Å². The third kappa shape index (κ3) is 3.64. The molecule has 0 amide bonds. The fraction of sp³-hybridized carbons (Fsp3) is 0.429. The summed E-state index contributed by atoms with van der Waals surface area (Å²) in [6, 6.07) is 3.56. The quantitative estimate of drug-likeness (QED) is 0.872. The maximum Gasteiger partial charge on any atom is 0.211 e. The molecular formula is C7H10ClNO2S2. The molecule has 6 heteroatoms. The Morgan fingerprint density at radius 3 is 2.69 bits per heavy atom. The number of rotatable bonds is 4. The molecule has 0 atom stereocenters. The summed E-state index contributed by atoms with van der Waals surface area (Å²) in [6.07, 6.45) is 0. The average Bonchev–Trinajstić information content (AvgIpc) is 2.48. The van der Waals surface area contributed by atoms with E-state index in [1.807, 2.05) is 6.07 Å². The van der Waals surface area contributed by atoms with Gasteiger partial charge >= 0.3 is 0 Å². The molecule has 13 heavy (non-hydrogen) atoms. The van der Waals surface area contributed by atoms with Crippen molar-refractivity contribution in [2.45, 2.75) is 13.5 Å². The fourth-order valence-electron chi connectivity index (χ4n) is 0.730. The Morgan fingerprint density at radius 1 is 1.54 bits per heavy atom. The molecule has 0 spiro atoms. The van der Waals surface area contributed by atoms with E-state index in [0.29, 0.717) is 10.9 Å². The molecule has 1 N–H and O–H groups in total. The van der Waals surface area contributed by atoms with Crippen LogP contribution in [0.3, 0.4) is 0 Å². The zero-order chi connectivity index (χ0) is 9.90. The molecule has 0 bridgehead atoms. The Hall–Kier alpha value is -0.100. The molecule has 1 rings (SSSR count). The minimum atomic E-state index is -3.09. The van der Waals surface area contributed by atoms with Crippen LogP contribution in [0.5, 0.6) is 0 Å². The Balaban J connectivity index is 2.53. The van der Waals surface area contributed by atoms with E-state index >= 15 is 0 Å². The largest absolute Gasteiger partial charge is 0.212 e. The zero-order valence-electron chi connectivity index (χ0n) is 7.08. The van der Waals surface area contributed by atoms with Crippen molar-refractivity contribution in [3.8, 4) is 0 Å². The van der Waals surface area contributed by atoms with E-state index < -0.39 is 10.0 Å². The van der Waals surface area contributed by atoms with Gasteiger partial charge in [-0.2, -0.15) is 0 Å². The first kappa shape index (κ1) is 11.0. The van der Waals surface area contributed by atoms with Crippen LogP contribution in [0, 0.1) is 0 Å². The Labute approximate surface area is 86.8 Å². The van der Waals surface area contributed by atoms with E-state index in [4.69, 9.17) is 11.6 Å². The monoisotopic (exact) mass is 239 g/mol. The van der Waals surface area contributed by atoms with Gasteiger partial charge in [-0.25, -0.2) is 13.1 Å². The predicted molar refractivity (Wildman–Crippen MR) is 55.6 cm³/mol. The van der Waals surface area contributed by atoms with E-state index in [1.54, 1.807) is 13.0 Å². The summed E-state index contributed by atoms with van der Waals surface area (Å²) in [4.78, 5) is 0.919. The van der Waals surface area contributed by atoms with Crippen molar-refractivity contribution in [1.29, 1.82) is 0 Å². The highest BCUT2D eigenvalue weighted by Gasteiger charge is 2.06.